The maximum absolute atomic E-state index is 13.6. The molecule has 0 saturated carbocycles. The first kappa shape index (κ1) is 20.0. The lowest BCUT2D eigenvalue weighted by Crippen LogP contribution is -2.35. The zero-order valence-corrected chi connectivity index (χ0v) is 14.3. The van der Waals surface area contributed by atoms with Crippen LogP contribution in [0.5, 0.6) is 0 Å². The summed E-state index contributed by atoms with van der Waals surface area (Å²) in [6.07, 6.45) is 3.95. The summed E-state index contributed by atoms with van der Waals surface area (Å²) in [5.41, 5.74) is -2.04. The van der Waals surface area contributed by atoms with Crippen LogP contribution in [0.15, 0.2) is 6.20 Å². The van der Waals surface area contributed by atoms with Gasteiger partial charge in [0.2, 0.25) is 0 Å². The molecule has 1 aromatic rings. The van der Waals surface area contributed by atoms with Gasteiger partial charge in [-0.3, -0.25) is 4.68 Å². The summed E-state index contributed by atoms with van der Waals surface area (Å²) in [4.78, 5) is 0. The molecule has 0 aromatic carbocycles. The number of alkyl halides is 3. The van der Waals surface area contributed by atoms with Crippen LogP contribution in [0.3, 0.4) is 0 Å². The van der Waals surface area contributed by atoms with Gasteiger partial charge in [-0.2, -0.15) is 18.3 Å². The molecule has 6 heteroatoms. The molecule has 1 aromatic heterocycles. The Hall–Kier alpha value is -1.07. The van der Waals surface area contributed by atoms with E-state index >= 15 is 0 Å². The Bertz CT molecular complexity index is 468. The fourth-order valence-corrected chi connectivity index (χ4v) is 3.00. The Morgan fingerprint density at radius 3 is 2.09 bits per heavy atom. The van der Waals surface area contributed by atoms with Crippen molar-refractivity contribution in [3.63, 3.8) is 0 Å². The second kappa shape index (κ2) is 8.69. The maximum Gasteiger partial charge on any atom is 0.435 e. The molecule has 0 aliphatic heterocycles. The smallest absolute Gasteiger partial charge is 0.252 e. The highest BCUT2D eigenvalue weighted by atomic mass is 19.4. The molecular formula is C17H28F4N2. The van der Waals surface area contributed by atoms with Crippen LogP contribution in [-0.4, -0.2) is 9.78 Å². The molecule has 1 unspecified atom stereocenters. The average molecular weight is 336 g/mol. The van der Waals surface area contributed by atoms with Crippen LogP contribution in [0.4, 0.5) is 17.6 Å². The molecule has 23 heavy (non-hydrogen) atoms. The highest BCUT2D eigenvalue weighted by molar-refractivity contribution is 5.11. The highest BCUT2D eigenvalue weighted by Crippen LogP contribution is 2.38. The first-order valence-corrected chi connectivity index (χ1v) is 8.57. The summed E-state index contributed by atoms with van der Waals surface area (Å²) >= 11 is 0. The summed E-state index contributed by atoms with van der Waals surface area (Å²) in [6, 6.07) is 0. The van der Waals surface area contributed by atoms with Crippen molar-refractivity contribution < 1.29 is 17.6 Å². The van der Waals surface area contributed by atoms with Gasteiger partial charge in [0.25, 0.3) is 0 Å². The van der Waals surface area contributed by atoms with Gasteiger partial charge in [0.1, 0.15) is 0 Å². The molecule has 0 aliphatic carbocycles. The number of hydrogen-bond donors (Lipinski definition) is 0. The summed E-state index contributed by atoms with van der Waals surface area (Å²) in [6.45, 7) is 5.88. The minimum atomic E-state index is -4.73. The monoisotopic (exact) mass is 336 g/mol. The third-order valence-corrected chi connectivity index (χ3v) is 4.39. The van der Waals surface area contributed by atoms with Crippen LogP contribution in [0, 0.1) is 5.82 Å². The van der Waals surface area contributed by atoms with Crippen LogP contribution >= 0.6 is 0 Å². The highest BCUT2D eigenvalue weighted by Gasteiger charge is 2.43. The average Bonchev–Trinajstić information content (AvgIpc) is 2.87. The molecule has 2 nitrogen and oxygen atoms in total. The zero-order valence-electron chi connectivity index (χ0n) is 14.3. The van der Waals surface area contributed by atoms with Crippen molar-refractivity contribution >= 4 is 0 Å². The van der Waals surface area contributed by atoms with E-state index in [9.17, 15) is 17.6 Å². The van der Waals surface area contributed by atoms with Gasteiger partial charge in [-0.15, -0.1) is 0 Å². The fourth-order valence-electron chi connectivity index (χ4n) is 3.00. The number of unbranched alkanes of at least 4 members (excludes halogenated alkanes) is 5. The van der Waals surface area contributed by atoms with Crippen molar-refractivity contribution in [3.8, 4) is 0 Å². The van der Waals surface area contributed by atoms with Crippen LogP contribution < -0.4 is 0 Å². The maximum atomic E-state index is 13.6. The molecule has 0 saturated heterocycles. The Labute approximate surface area is 136 Å². The van der Waals surface area contributed by atoms with Gasteiger partial charge in [0.15, 0.2) is 11.5 Å². The molecule has 1 atom stereocenters. The van der Waals surface area contributed by atoms with Crippen molar-refractivity contribution in [2.45, 2.75) is 90.3 Å². The van der Waals surface area contributed by atoms with Gasteiger partial charge in [-0.25, -0.2) is 4.39 Å². The van der Waals surface area contributed by atoms with Crippen LogP contribution in [-0.2, 0) is 11.7 Å². The Kier molecular flexibility index (Phi) is 7.55. The Morgan fingerprint density at radius 2 is 1.52 bits per heavy atom. The molecule has 0 spiro atoms. The Balaban J connectivity index is 2.97. The second-order valence-corrected chi connectivity index (χ2v) is 6.52. The minimum absolute atomic E-state index is 0.571. The zero-order chi connectivity index (χ0) is 17.5. The molecule has 0 radical (unpaired) electrons. The number of nitrogens with zero attached hydrogens (tertiary/aromatic N) is 2. The molecular weight excluding hydrogens is 308 g/mol. The van der Waals surface area contributed by atoms with E-state index in [2.05, 4.69) is 12.0 Å². The summed E-state index contributed by atoms with van der Waals surface area (Å²) in [5.74, 6) is -1.29. The predicted octanol–water partition coefficient (Wildman–Crippen LogP) is 6.31. The van der Waals surface area contributed by atoms with E-state index in [1.54, 1.807) is 6.92 Å². The van der Waals surface area contributed by atoms with Gasteiger partial charge >= 0.3 is 6.18 Å². The fraction of sp³-hybridized carbons (Fsp3) is 0.824. The second-order valence-electron chi connectivity index (χ2n) is 6.52. The van der Waals surface area contributed by atoms with Gasteiger partial charge in [-0.1, -0.05) is 58.8 Å². The van der Waals surface area contributed by atoms with Crippen molar-refractivity contribution in [2.24, 2.45) is 0 Å². The number of aromatic nitrogens is 2. The first-order valence-electron chi connectivity index (χ1n) is 8.57. The van der Waals surface area contributed by atoms with Gasteiger partial charge in [0, 0.05) is 0 Å². The van der Waals surface area contributed by atoms with E-state index in [0.29, 0.717) is 19.0 Å². The van der Waals surface area contributed by atoms with Crippen LogP contribution in [0.25, 0.3) is 0 Å². The Morgan fingerprint density at radius 1 is 0.957 bits per heavy atom. The quantitative estimate of drug-likeness (QED) is 0.362. The van der Waals surface area contributed by atoms with Crippen LogP contribution in [0.2, 0.25) is 0 Å². The number of hydrogen-bond acceptors (Lipinski definition) is 1. The van der Waals surface area contributed by atoms with E-state index in [1.165, 1.54) is 0 Å². The van der Waals surface area contributed by atoms with Crippen molar-refractivity contribution in [1.29, 1.82) is 0 Å². The molecule has 1 rings (SSSR count). The largest absolute Gasteiger partial charge is 0.435 e. The van der Waals surface area contributed by atoms with Crippen LogP contribution in [0.1, 0.15) is 84.3 Å². The molecule has 1 heterocycles. The third kappa shape index (κ3) is 5.50. The summed E-state index contributed by atoms with van der Waals surface area (Å²) in [5, 5.41) is 3.74. The third-order valence-electron chi connectivity index (χ3n) is 4.39. The molecule has 0 fully saturated rings. The lowest BCUT2D eigenvalue weighted by atomic mass is 9.88. The molecule has 0 amide bonds. The molecule has 0 bridgehead atoms. The van der Waals surface area contributed by atoms with Crippen molar-refractivity contribution in [1.82, 2.24) is 9.78 Å². The summed E-state index contributed by atoms with van der Waals surface area (Å²) in [7, 11) is 0. The van der Waals surface area contributed by atoms with Gasteiger partial charge < -0.3 is 0 Å². The number of rotatable bonds is 10. The first-order chi connectivity index (χ1) is 10.8. The molecule has 134 valence electrons. The SMILES string of the molecule is CCCCCCCC(C)(CCCC)n1ncc(F)c1C(F)(F)F. The topological polar surface area (TPSA) is 17.8 Å². The van der Waals surface area contributed by atoms with Crippen molar-refractivity contribution in [3.05, 3.63) is 17.7 Å². The van der Waals surface area contributed by atoms with E-state index in [4.69, 9.17) is 0 Å². The molecule has 0 aliphatic rings. The summed E-state index contributed by atoms with van der Waals surface area (Å²) < 4.78 is 54.1. The lowest BCUT2D eigenvalue weighted by molar-refractivity contribution is -0.149. The van der Waals surface area contributed by atoms with Gasteiger partial charge in [0.05, 0.1) is 11.7 Å². The molecule has 0 N–H and O–H groups in total. The predicted molar refractivity (Wildman–Crippen MR) is 83.7 cm³/mol. The lowest BCUT2D eigenvalue weighted by Gasteiger charge is -2.32. The van der Waals surface area contributed by atoms with Crippen molar-refractivity contribution in [2.75, 3.05) is 0 Å². The van der Waals surface area contributed by atoms with E-state index in [0.717, 1.165) is 49.6 Å². The minimum Gasteiger partial charge on any atom is -0.252 e. The van der Waals surface area contributed by atoms with E-state index in [-0.39, 0.29) is 0 Å². The number of halogens is 4. The van der Waals surface area contributed by atoms with E-state index in [1.807, 2.05) is 6.92 Å². The normalized spacial score (nSPS) is 14.9. The van der Waals surface area contributed by atoms with Gasteiger partial charge in [-0.05, 0) is 19.8 Å². The van der Waals surface area contributed by atoms with E-state index < -0.39 is 23.2 Å². The standard InChI is InChI=1S/C17H28F4N2/c1-4-6-8-9-10-12-16(3,11-7-5-2)23-15(17(19,20)21)14(18)13-22-23/h13H,4-12H2,1-3H3.